The third-order valence-corrected chi connectivity index (χ3v) is 7.33. The normalized spacial score (nSPS) is 22.9. The second kappa shape index (κ2) is 13.6. The van der Waals surface area contributed by atoms with Crippen molar-refractivity contribution in [1.29, 1.82) is 0 Å². The van der Waals surface area contributed by atoms with Crippen molar-refractivity contribution in [3.05, 3.63) is 68.0 Å². The molecule has 0 spiro atoms. The lowest BCUT2D eigenvalue weighted by molar-refractivity contribution is -0.0383. The SMILES string of the molecule is C#Cc1ccc(CN(CCOC(=O)OC2C[C@H](n3cc(C)c(=O)[nH]c3=O)O[C@@H]2CC)CC2CCCCN2)cc1. The van der Waals surface area contributed by atoms with E-state index in [1.807, 2.05) is 31.2 Å². The predicted octanol–water partition coefficient (Wildman–Crippen LogP) is 2.69. The van der Waals surface area contributed by atoms with Crippen LogP contribution in [0.1, 0.15) is 61.9 Å². The number of H-pyrrole nitrogens is 1. The molecule has 0 saturated carbocycles. The van der Waals surface area contributed by atoms with E-state index in [0.717, 1.165) is 30.6 Å². The van der Waals surface area contributed by atoms with Crippen LogP contribution in [0.25, 0.3) is 0 Å². The van der Waals surface area contributed by atoms with Gasteiger partial charge in [-0.1, -0.05) is 31.4 Å². The van der Waals surface area contributed by atoms with Gasteiger partial charge in [0.1, 0.15) is 18.9 Å². The molecule has 0 bridgehead atoms. The van der Waals surface area contributed by atoms with Gasteiger partial charge in [-0.05, 0) is 50.4 Å². The zero-order valence-electron chi connectivity index (χ0n) is 22.7. The molecular weight excluding hydrogens is 500 g/mol. The molecule has 10 heteroatoms. The standard InChI is InChI=1S/C29H38N4O6/c1-4-21-9-11-22(12-10-21)18-32(19-23-8-6-7-13-30-23)14-15-37-29(36)39-25-16-26(38-24(25)5-2)33-17-20(3)27(34)31-28(33)35/h1,9-12,17,23-26,30H,5-8,13-16,18-19H2,2-3H3,(H,31,34,35)/t23?,24-,25?,26-/m1/s1. The smallest absolute Gasteiger partial charge is 0.433 e. The second-order valence-electron chi connectivity index (χ2n) is 10.2. The van der Waals surface area contributed by atoms with Gasteiger partial charge in [0.05, 0.1) is 6.10 Å². The first kappa shape index (κ1) is 28.6. The summed E-state index contributed by atoms with van der Waals surface area (Å²) in [6.45, 7) is 6.85. The highest BCUT2D eigenvalue weighted by molar-refractivity contribution is 5.60. The number of aromatic nitrogens is 2. The Bertz CT molecular complexity index is 1260. The minimum absolute atomic E-state index is 0.181. The minimum Gasteiger partial charge on any atom is -0.433 e. The zero-order valence-corrected chi connectivity index (χ0v) is 22.7. The van der Waals surface area contributed by atoms with Gasteiger partial charge in [-0.25, -0.2) is 9.59 Å². The molecule has 2 unspecified atom stereocenters. The molecule has 210 valence electrons. The van der Waals surface area contributed by atoms with Crippen LogP contribution in [0.15, 0.2) is 40.1 Å². The number of hydrogen-bond acceptors (Lipinski definition) is 8. The Morgan fingerprint density at radius 2 is 2.05 bits per heavy atom. The number of aromatic amines is 1. The first-order chi connectivity index (χ1) is 18.9. The highest BCUT2D eigenvalue weighted by atomic mass is 16.7. The fourth-order valence-corrected chi connectivity index (χ4v) is 5.16. The molecule has 2 aliphatic heterocycles. The number of benzene rings is 1. The highest BCUT2D eigenvalue weighted by Gasteiger charge is 2.38. The molecule has 2 aliphatic rings. The highest BCUT2D eigenvalue weighted by Crippen LogP contribution is 2.31. The van der Waals surface area contributed by atoms with E-state index in [1.54, 1.807) is 6.92 Å². The number of carbonyl (C=O) groups is 1. The maximum Gasteiger partial charge on any atom is 0.508 e. The fraction of sp³-hybridized carbons (Fsp3) is 0.552. The van der Waals surface area contributed by atoms with Crippen LogP contribution >= 0.6 is 0 Å². The van der Waals surface area contributed by atoms with Crippen molar-refractivity contribution in [2.45, 2.75) is 77.0 Å². The summed E-state index contributed by atoms with van der Waals surface area (Å²) in [7, 11) is 0. The van der Waals surface area contributed by atoms with Gasteiger partial charge < -0.3 is 19.5 Å². The summed E-state index contributed by atoms with van der Waals surface area (Å²) in [5.74, 6) is 2.64. The first-order valence-corrected chi connectivity index (χ1v) is 13.7. The largest absolute Gasteiger partial charge is 0.508 e. The third kappa shape index (κ3) is 7.82. The molecule has 0 radical (unpaired) electrons. The van der Waals surface area contributed by atoms with Crippen LogP contribution in [0, 0.1) is 19.3 Å². The number of ether oxygens (including phenoxy) is 3. The van der Waals surface area contributed by atoms with E-state index < -0.39 is 29.7 Å². The molecular formula is C29H38N4O6. The molecule has 1 aromatic carbocycles. The van der Waals surface area contributed by atoms with Gasteiger partial charge >= 0.3 is 11.8 Å². The maximum absolute atomic E-state index is 12.6. The maximum atomic E-state index is 12.6. The van der Waals surface area contributed by atoms with Gasteiger partial charge in [0.25, 0.3) is 5.56 Å². The summed E-state index contributed by atoms with van der Waals surface area (Å²) >= 11 is 0. The van der Waals surface area contributed by atoms with Crippen LogP contribution in [0.4, 0.5) is 4.79 Å². The van der Waals surface area contributed by atoms with Crippen LogP contribution < -0.4 is 16.6 Å². The van der Waals surface area contributed by atoms with Crippen molar-refractivity contribution >= 4 is 6.16 Å². The molecule has 4 atom stereocenters. The van der Waals surface area contributed by atoms with Gasteiger partial charge in [-0.15, -0.1) is 6.42 Å². The topological polar surface area (TPSA) is 115 Å². The summed E-state index contributed by atoms with van der Waals surface area (Å²) in [4.78, 5) is 41.2. The van der Waals surface area contributed by atoms with Gasteiger partial charge in [0.2, 0.25) is 0 Å². The van der Waals surface area contributed by atoms with Crippen molar-refractivity contribution in [3.63, 3.8) is 0 Å². The molecule has 39 heavy (non-hydrogen) atoms. The Labute approximate surface area is 228 Å². The number of nitrogens with one attached hydrogen (secondary N) is 2. The number of aryl methyl sites for hydroxylation is 1. The van der Waals surface area contributed by atoms with Crippen LogP contribution in [-0.2, 0) is 20.8 Å². The number of hydrogen-bond donors (Lipinski definition) is 2. The Morgan fingerprint density at radius 1 is 1.26 bits per heavy atom. The van der Waals surface area contributed by atoms with E-state index in [4.69, 9.17) is 20.6 Å². The Morgan fingerprint density at radius 3 is 2.74 bits per heavy atom. The molecule has 3 heterocycles. The molecule has 4 rings (SSSR count). The Kier molecular flexibility index (Phi) is 9.98. The van der Waals surface area contributed by atoms with Gasteiger partial charge in [-0.3, -0.25) is 19.2 Å². The summed E-state index contributed by atoms with van der Waals surface area (Å²) < 4.78 is 18.4. The van der Waals surface area contributed by atoms with Crippen LogP contribution in [-0.4, -0.2) is 65.1 Å². The summed E-state index contributed by atoms with van der Waals surface area (Å²) in [5.41, 5.74) is 1.38. The first-order valence-electron chi connectivity index (χ1n) is 13.7. The van der Waals surface area contributed by atoms with Crippen LogP contribution in [0.5, 0.6) is 0 Å². The lowest BCUT2D eigenvalue weighted by atomic mass is 10.0. The van der Waals surface area contributed by atoms with E-state index >= 15 is 0 Å². The average Bonchev–Trinajstić information content (AvgIpc) is 3.34. The Balaban J connectivity index is 1.31. The van der Waals surface area contributed by atoms with Crippen molar-refractivity contribution in [3.8, 4) is 12.3 Å². The monoisotopic (exact) mass is 538 g/mol. The molecule has 2 saturated heterocycles. The lowest BCUT2D eigenvalue weighted by Gasteiger charge is -2.30. The number of carbonyl (C=O) groups excluding carboxylic acids is 1. The zero-order chi connectivity index (χ0) is 27.8. The third-order valence-electron chi connectivity index (χ3n) is 7.33. The number of piperidine rings is 1. The van der Waals surface area contributed by atoms with Crippen LogP contribution in [0.2, 0.25) is 0 Å². The van der Waals surface area contributed by atoms with Crippen molar-refractivity contribution in [1.82, 2.24) is 19.8 Å². The van der Waals surface area contributed by atoms with Gasteiger partial charge in [0, 0.05) is 49.4 Å². The van der Waals surface area contributed by atoms with Crippen molar-refractivity contribution < 1.29 is 19.0 Å². The molecule has 0 amide bonds. The Hall–Kier alpha value is -3.39. The number of nitrogens with zero attached hydrogens (tertiary/aromatic N) is 2. The molecule has 2 aromatic rings. The fourth-order valence-electron chi connectivity index (χ4n) is 5.16. The van der Waals surface area contributed by atoms with E-state index in [1.165, 1.54) is 23.6 Å². The van der Waals surface area contributed by atoms with E-state index in [2.05, 4.69) is 21.1 Å². The number of terminal acetylenes is 1. The number of rotatable bonds is 10. The molecule has 1 aromatic heterocycles. The molecule has 10 nitrogen and oxygen atoms in total. The molecule has 2 N–H and O–H groups in total. The van der Waals surface area contributed by atoms with Crippen molar-refractivity contribution in [2.75, 3.05) is 26.2 Å². The van der Waals surface area contributed by atoms with Crippen molar-refractivity contribution in [2.24, 2.45) is 0 Å². The quantitative estimate of drug-likeness (QED) is 0.351. The molecule has 0 aliphatic carbocycles. The predicted molar refractivity (Wildman–Crippen MR) is 146 cm³/mol. The summed E-state index contributed by atoms with van der Waals surface area (Å²) in [6, 6.07) is 8.33. The lowest BCUT2D eigenvalue weighted by Crippen LogP contribution is -2.44. The van der Waals surface area contributed by atoms with Gasteiger partial charge in [0.15, 0.2) is 0 Å². The van der Waals surface area contributed by atoms with Crippen LogP contribution in [0.3, 0.4) is 0 Å². The van der Waals surface area contributed by atoms with Gasteiger partial charge in [-0.2, -0.15) is 0 Å². The summed E-state index contributed by atoms with van der Waals surface area (Å²) in [5, 5.41) is 3.58. The molecule has 2 fully saturated rings. The minimum atomic E-state index is -0.762. The van der Waals surface area contributed by atoms with E-state index in [-0.39, 0.29) is 19.1 Å². The summed E-state index contributed by atoms with van der Waals surface area (Å²) in [6.07, 6.45) is 8.99. The average molecular weight is 539 g/mol. The second-order valence-corrected chi connectivity index (χ2v) is 10.2. The van der Waals surface area contributed by atoms with E-state index in [0.29, 0.717) is 31.1 Å². The van der Waals surface area contributed by atoms with E-state index in [9.17, 15) is 14.4 Å².